The smallest absolute Gasteiger partial charge is 0.221 e. The van der Waals surface area contributed by atoms with Gasteiger partial charge in [-0.2, -0.15) is 23.5 Å². The summed E-state index contributed by atoms with van der Waals surface area (Å²) >= 11 is 8.97. The monoisotopic (exact) mass is 1420 g/mol. The van der Waals surface area contributed by atoms with Crippen LogP contribution in [-0.4, -0.2) is 144 Å². The summed E-state index contributed by atoms with van der Waals surface area (Å²) in [6.07, 6.45) is 4.19. The van der Waals surface area contributed by atoms with Crippen LogP contribution in [0.25, 0.3) is 0 Å². The molecular formula is C70H77N3O17S6. The molecule has 2 fully saturated rings. The van der Waals surface area contributed by atoms with E-state index in [9.17, 15) is 83.4 Å². The fourth-order valence-corrected chi connectivity index (χ4v) is 14.7. The minimum absolute atomic E-state index is 0.00870. The van der Waals surface area contributed by atoms with Crippen LogP contribution in [0.5, 0.6) is 34.5 Å². The van der Waals surface area contributed by atoms with Crippen molar-refractivity contribution in [1.29, 1.82) is 0 Å². The molecule has 2 aliphatic heterocycles. The maximum atomic E-state index is 12.0. The van der Waals surface area contributed by atoms with Crippen molar-refractivity contribution in [2.24, 2.45) is 5.92 Å². The molecule has 9 N–H and O–H groups in total. The minimum Gasteiger partial charge on any atom is -0.507 e. The van der Waals surface area contributed by atoms with E-state index >= 15 is 0 Å². The number of phenols is 6. The van der Waals surface area contributed by atoms with E-state index in [4.69, 9.17) is 0 Å². The Labute approximate surface area is 582 Å². The number of hydrogen-bond acceptors (Lipinski definition) is 23. The van der Waals surface area contributed by atoms with Crippen molar-refractivity contribution in [3.05, 3.63) is 179 Å². The van der Waals surface area contributed by atoms with E-state index in [0.29, 0.717) is 52.8 Å². The normalized spacial score (nSPS) is 13.7. The van der Waals surface area contributed by atoms with Crippen LogP contribution in [-0.2, 0) is 24.0 Å². The number of nitrogens with one attached hydrogen (secondary N) is 3. The van der Waals surface area contributed by atoms with E-state index in [1.807, 2.05) is 0 Å². The summed E-state index contributed by atoms with van der Waals surface area (Å²) in [4.78, 5) is 130. The largest absolute Gasteiger partial charge is 0.507 e. The Kier molecular flexibility index (Phi) is 36.0. The molecular weight excluding hydrogens is 1350 g/mol. The molecule has 2 heterocycles. The Morgan fingerprint density at radius 1 is 0.365 bits per heavy atom. The zero-order valence-corrected chi connectivity index (χ0v) is 57.4. The summed E-state index contributed by atoms with van der Waals surface area (Å²) in [7, 11) is 0. The van der Waals surface area contributed by atoms with E-state index in [2.05, 4.69) is 16.0 Å². The second-order valence-corrected chi connectivity index (χ2v) is 28.3. The predicted molar refractivity (Wildman–Crippen MR) is 381 cm³/mol. The number of ketones is 6. The average molecular weight is 1420 g/mol. The molecule has 510 valence electrons. The van der Waals surface area contributed by atoms with Gasteiger partial charge in [0.05, 0.1) is 51.2 Å². The molecule has 6 aromatic rings. The molecule has 0 saturated carbocycles. The van der Waals surface area contributed by atoms with Crippen molar-refractivity contribution in [3.8, 4) is 34.5 Å². The van der Waals surface area contributed by atoms with Gasteiger partial charge in [-0.05, 0) is 110 Å². The van der Waals surface area contributed by atoms with Gasteiger partial charge in [0, 0.05) is 85.4 Å². The summed E-state index contributed by atoms with van der Waals surface area (Å²) < 4.78 is 0. The van der Waals surface area contributed by atoms with Gasteiger partial charge in [0.25, 0.3) is 0 Å². The standard InChI is InChI=1S/C23H26N2O6S2.C21H24O4S2.C14H15NO4S.C12H12O3S/c26-18-7-3-1-5-16(18)20(28)9-11-22(30)24-13-32-15-33-14-25-23(31)12-10-21(29)17-6-2-4-8-19(17)27;22-18-9-3-1-7-16(18)20(24)11-5-13-26-15-27-14-6-12-21(25)17-8-2-4-10-19(17)23;16-11-4-2-1-3-9(11)12(17)5-6-13(18)15-10-7-8-20-14(10)19;13-10-4-2-1-3-9(10)11(14)7-8-5-6-16-12(8)15/h1-8,26-27H,9-15H2,(H,24,30)(H,25,31);1-4,7-10,22-23H,5-6,11-15H2;1-4,10,16H,5-8H2,(H,15,18);1-4,8,13H,5-7H2. The number of carbonyl (C=O) groups excluding carboxylic acids is 11. The molecule has 96 heavy (non-hydrogen) atoms. The molecule has 8 rings (SSSR count). The third kappa shape index (κ3) is 28.7. The van der Waals surface area contributed by atoms with Gasteiger partial charge in [0.1, 0.15) is 34.5 Å². The molecule has 0 bridgehead atoms. The number of thioether (sulfide) groups is 6. The highest BCUT2D eigenvalue weighted by Crippen LogP contribution is 2.31. The maximum absolute atomic E-state index is 12.0. The second kappa shape index (κ2) is 43.9. The zero-order chi connectivity index (χ0) is 69.6. The topological polar surface area (TPSA) is 345 Å². The fraction of sp³-hybridized carbons (Fsp3) is 0.329. The molecule has 2 aliphatic rings. The number of Topliss-reactive ketones (excluding diaryl/α,β-unsaturated/α-hetero) is 6. The second-order valence-electron chi connectivity index (χ2n) is 21.2. The summed E-state index contributed by atoms with van der Waals surface area (Å²) in [6, 6.07) is 38.0. The van der Waals surface area contributed by atoms with Gasteiger partial charge in [-0.3, -0.25) is 52.7 Å². The van der Waals surface area contributed by atoms with Gasteiger partial charge >= 0.3 is 0 Å². The van der Waals surface area contributed by atoms with Crippen LogP contribution in [0.4, 0.5) is 0 Å². The van der Waals surface area contributed by atoms with Gasteiger partial charge in [0.15, 0.2) is 39.8 Å². The van der Waals surface area contributed by atoms with Crippen molar-refractivity contribution in [1.82, 2.24) is 16.0 Å². The first-order valence-electron chi connectivity index (χ1n) is 30.6. The van der Waals surface area contributed by atoms with Gasteiger partial charge in [-0.25, -0.2) is 0 Å². The fourth-order valence-electron chi connectivity index (χ4n) is 8.99. The van der Waals surface area contributed by atoms with Crippen LogP contribution in [0.2, 0.25) is 0 Å². The Balaban J connectivity index is 0.000000239. The Morgan fingerprint density at radius 2 is 0.667 bits per heavy atom. The number of benzene rings is 6. The summed E-state index contributed by atoms with van der Waals surface area (Å²) in [5, 5.41) is 67.4. The number of hydrogen-bond donors (Lipinski definition) is 9. The molecule has 2 atom stereocenters. The third-order valence-electron chi connectivity index (χ3n) is 14.2. The van der Waals surface area contributed by atoms with Crippen LogP contribution in [0.15, 0.2) is 146 Å². The van der Waals surface area contributed by atoms with E-state index in [-0.39, 0.29) is 165 Å². The lowest BCUT2D eigenvalue weighted by atomic mass is 9.97. The number of amides is 3. The number of phenolic OH excluding ortho intramolecular Hbond substituents is 6. The van der Waals surface area contributed by atoms with Crippen molar-refractivity contribution < 1.29 is 83.4 Å². The highest BCUT2D eigenvalue weighted by Gasteiger charge is 2.29. The van der Waals surface area contributed by atoms with Crippen LogP contribution in [0.3, 0.4) is 0 Å². The lowest BCUT2D eigenvalue weighted by Gasteiger charge is -2.09. The summed E-state index contributed by atoms with van der Waals surface area (Å²) in [5.74, 6) is 1.83. The van der Waals surface area contributed by atoms with Crippen LogP contribution in [0, 0.1) is 5.92 Å². The number of aromatic hydroxyl groups is 6. The average Bonchev–Trinajstić information content (AvgIpc) is 1.92. The first-order valence-corrected chi connectivity index (χ1v) is 37.2. The SMILES string of the molecule is O=C(CC1CCSC1=O)c1ccccc1O.O=C(CCC(=O)c1ccccc1O)NC1CCSC1=O.O=C(CCC(=O)c1ccccc1O)NCSCSCNC(=O)CCC(=O)c1ccccc1O.O=C(CCCSCSCCCC(=O)c1ccccc1O)c1ccccc1O. The maximum Gasteiger partial charge on any atom is 0.221 e. The quantitative estimate of drug-likeness (QED) is 0.0103. The summed E-state index contributed by atoms with van der Waals surface area (Å²) in [6.45, 7) is 0. The molecule has 0 spiro atoms. The molecule has 3 amide bonds. The lowest BCUT2D eigenvalue weighted by Crippen LogP contribution is -2.37. The molecule has 2 unspecified atom stereocenters. The summed E-state index contributed by atoms with van der Waals surface area (Å²) in [5.41, 5.74) is 1.73. The van der Waals surface area contributed by atoms with Gasteiger partial charge in [-0.1, -0.05) is 96.3 Å². The first-order chi connectivity index (χ1) is 46.2. The lowest BCUT2D eigenvalue weighted by molar-refractivity contribution is -0.124. The molecule has 26 heteroatoms. The first kappa shape index (κ1) is 78.7. The molecule has 20 nitrogen and oxygen atoms in total. The third-order valence-corrected chi connectivity index (χ3v) is 20.8. The van der Waals surface area contributed by atoms with Crippen LogP contribution >= 0.6 is 70.6 Å². The van der Waals surface area contributed by atoms with Crippen molar-refractivity contribution in [2.45, 2.75) is 89.5 Å². The zero-order valence-electron chi connectivity index (χ0n) is 52.5. The molecule has 2 saturated heterocycles. The number of para-hydroxylation sites is 6. The minimum atomic E-state index is -0.423. The number of carbonyl (C=O) groups is 11. The van der Waals surface area contributed by atoms with Crippen LogP contribution in [0.1, 0.15) is 146 Å². The Bertz CT molecular complexity index is 3490. The van der Waals surface area contributed by atoms with Gasteiger partial charge in [0.2, 0.25) is 22.8 Å². The highest BCUT2D eigenvalue weighted by atomic mass is 32.2. The Morgan fingerprint density at radius 3 is 0.990 bits per heavy atom. The van der Waals surface area contributed by atoms with Gasteiger partial charge < -0.3 is 46.6 Å². The molecule has 0 radical (unpaired) electrons. The van der Waals surface area contributed by atoms with Crippen molar-refractivity contribution in [3.63, 3.8) is 0 Å². The molecule has 6 aromatic carbocycles. The van der Waals surface area contributed by atoms with Crippen molar-refractivity contribution >= 4 is 133 Å². The van der Waals surface area contributed by atoms with Crippen molar-refractivity contribution in [2.75, 3.05) is 44.9 Å². The Hall–Kier alpha value is -8.01. The van der Waals surface area contributed by atoms with E-state index in [0.717, 1.165) is 47.4 Å². The molecule has 0 aliphatic carbocycles. The number of rotatable bonds is 34. The van der Waals surface area contributed by atoms with E-state index in [1.165, 1.54) is 102 Å². The van der Waals surface area contributed by atoms with Crippen LogP contribution < -0.4 is 16.0 Å². The van der Waals surface area contributed by atoms with E-state index in [1.54, 1.807) is 115 Å². The van der Waals surface area contributed by atoms with E-state index < -0.39 is 6.04 Å². The molecule has 0 aromatic heterocycles. The van der Waals surface area contributed by atoms with Gasteiger partial charge in [-0.15, -0.1) is 23.5 Å². The highest BCUT2D eigenvalue weighted by molar-refractivity contribution is 8.16. The predicted octanol–water partition coefficient (Wildman–Crippen LogP) is 12.2.